The van der Waals surface area contributed by atoms with E-state index in [0.717, 1.165) is 16.1 Å². The van der Waals surface area contributed by atoms with Crippen LogP contribution >= 0.6 is 11.3 Å². The summed E-state index contributed by atoms with van der Waals surface area (Å²) < 4.78 is 13.1. The molecule has 4 N–H and O–H groups in total. The molecule has 9 heteroatoms. The number of amides is 2. The van der Waals surface area contributed by atoms with E-state index >= 15 is 0 Å². The van der Waals surface area contributed by atoms with Gasteiger partial charge in [-0.15, -0.1) is 11.3 Å². The molecule has 1 aromatic rings. The number of likely N-dealkylation sites (tertiary alicyclic amines) is 1. The van der Waals surface area contributed by atoms with Gasteiger partial charge >= 0.3 is 0 Å². The fraction of sp³-hybridized carbons (Fsp3) is 0.478. The maximum absolute atomic E-state index is 13.1. The molecular formula is C23H30FN3O4S. The van der Waals surface area contributed by atoms with Gasteiger partial charge in [-0.2, -0.15) is 0 Å². The van der Waals surface area contributed by atoms with Crippen LogP contribution in [0.3, 0.4) is 0 Å². The zero-order valence-corrected chi connectivity index (χ0v) is 18.7. The normalized spacial score (nSPS) is 22.0. The molecule has 2 fully saturated rings. The van der Waals surface area contributed by atoms with Crippen molar-refractivity contribution in [1.29, 1.82) is 0 Å². The molecule has 2 aliphatic heterocycles. The van der Waals surface area contributed by atoms with E-state index in [-0.39, 0.29) is 5.41 Å². The summed E-state index contributed by atoms with van der Waals surface area (Å²) >= 11 is 1.57. The van der Waals surface area contributed by atoms with Crippen molar-refractivity contribution in [3.63, 3.8) is 0 Å². The van der Waals surface area contributed by atoms with Crippen molar-refractivity contribution in [3.8, 4) is 0 Å². The Morgan fingerprint density at radius 1 is 1.34 bits per heavy atom. The summed E-state index contributed by atoms with van der Waals surface area (Å²) in [5.74, 6) is -1.45. The molecule has 2 amide bonds. The van der Waals surface area contributed by atoms with Gasteiger partial charge in [-0.05, 0) is 48.4 Å². The lowest BCUT2D eigenvalue weighted by molar-refractivity contribution is -0.154. The highest BCUT2D eigenvalue weighted by Gasteiger charge is 2.45. The second-order valence-corrected chi connectivity index (χ2v) is 9.09. The number of nitrogens with zero attached hydrogens (tertiary/aromatic N) is 1. The fourth-order valence-corrected chi connectivity index (χ4v) is 5.05. The first-order valence-electron chi connectivity index (χ1n) is 10.7. The monoisotopic (exact) mass is 463 g/mol. The number of hydrogen-bond acceptors (Lipinski definition) is 6. The number of hydrogen-bond donors (Lipinski definition) is 4. The van der Waals surface area contributed by atoms with Crippen LogP contribution in [-0.2, 0) is 16.0 Å². The number of aliphatic hydroxyl groups excluding tert-OH is 2. The minimum absolute atomic E-state index is 0.291. The Balaban J connectivity index is 1.53. The van der Waals surface area contributed by atoms with Gasteiger partial charge in [0, 0.05) is 42.2 Å². The second kappa shape index (κ2) is 10.9. The molecule has 174 valence electrons. The van der Waals surface area contributed by atoms with E-state index < -0.39 is 30.7 Å². The zero-order valence-electron chi connectivity index (χ0n) is 17.9. The zero-order chi connectivity index (χ0) is 23.1. The van der Waals surface area contributed by atoms with Gasteiger partial charge in [0.1, 0.15) is 6.67 Å². The molecule has 0 aromatic carbocycles. The molecule has 0 saturated carbocycles. The molecule has 3 rings (SSSR count). The summed E-state index contributed by atoms with van der Waals surface area (Å²) in [5, 5.41) is 28.3. The Hall–Kier alpha value is -2.49. The average Bonchev–Trinajstić information content (AvgIpc) is 3.43. The molecule has 1 spiro atoms. The molecule has 2 unspecified atom stereocenters. The Morgan fingerprint density at radius 3 is 2.72 bits per heavy atom. The molecule has 2 atom stereocenters. The van der Waals surface area contributed by atoms with Gasteiger partial charge < -0.3 is 25.7 Å². The van der Waals surface area contributed by atoms with Gasteiger partial charge in [-0.25, -0.2) is 4.39 Å². The fourth-order valence-electron chi connectivity index (χ4n) is 4.35. The highest BCUT2D eigenvalue weighted by molar-refractivity contribution is 7.09. The van der Waals surface area contributed by atoms with Gasteiger partial charge in [-0.1, -0.05) is 18.7 Å². The van der Waals surface area contributed by atoms with Gasteiger partial charge in [0.05, 0.1) is 0 Å². The first-order chi connectivity index (χ1) is 15.4. The highest BCUT2D eigenvalue weighted by atomic mass is 32.1. The minimum atomic E-state index is -1.83. The third-order valence-electron chi connectivity index (χ3n) is 6.15. The van der Waals surface area contributed by atoms with E-state index in [9.17, 15) is 24.2 Å². The largest absolute Gasteiger partial charge is 0.384 e. The van der Waals surface area contributed by atoms with Crippen molar-refractivity contribution in [2.24, 2.45) is 5.41 Å². The van der Waals surface area contributed by atoms with Crippen molar-refractivity contribution in [2.45, 2.75) is 31.5 Å². The van der Waals surface area contributed by atoms with E-state index in [4.69, 9.17) is 0 Å². The van der Waals surface area contributed by atoms with Crippen LogP contribution in [0.4, 0.5) is 4.39 Å². The average molecular weight is 464 g/mol. The van der Waals surface area contributed by atoms with Crippen LogP contribution < -0.4 is 10.6 Å². The quantitative estimate of drug-likeness (QED) is 0.466. The molecule has 32 heavy (non-hydrogen) atoms. The van der Waals surface area contributed by atoms with Crippen molar-refractivity contribution in [2.75, 3.05) is 32.9 Å². The molecule has 3 heterocycles. The topological polar surface area (TPSA) is 102 Å². The molecule has 2 aliphatic rings. The molecule has 2 saturated heterocycles. The number of piperidine rings is 1. The van der Waals surface area contributed by atoms with Crippen LogP contribution in [-0.4, -0.2) is 72.0 Å². The number of carbonyl (C=O) groups excluding carboxylic acids is 2. The van der Waals surface area contributed by atoms with E-state index in [2.05, 4.69) is 17.2 Å². The molecule has 0 radical (unpaired) electrons. The molecule has 7 nitrogen and oxygen atoms in total. The third kappa shape index (κ3) is 5.28. The predicted octanol–water partition coefficient (Wildman–Crippen LogP) is 1.31. The van der Waals surface area contributed by atoms with E-state index in [0.29, 0.717) is 45.4 Å². The van der Waals surface area contributed by atoms with E-state index in [1.807, 2.05) is 23.6 Å². The highest BCUT2D eigenvalue weighted by Crippen LogP contribution is 2.45. The lowest BCUT2D eigenvalue weighted by Crippen LogP contribution is -2.53. The Kier molecular flexibility index (Phi) is 8.22. The molecule has 0 bridgehead atoms. The van der Waals surface area contributed by atoms with Gasteiger partial charge in [0.25, 0.3) is 11.8 Å². The lowest BCUT2D eigenvalue weighted by atomic mass is 9.73. The first kappa shape index (κ1) is 24.2. The van der Waals surface area contributed by atoms with Crippen LogP contribution in [0, 0.1) is 5.41 Å². The molecule has 1 aromatic heterocycles. The van der Waals surface area contributed by atoms with Crippen molar-refractivity contribution < 1.29 is 24.2 Å². The van der Waals surface area contributed by atoms with Crippen LogP contribution in [0.15, 0.2) is 53.6 Å². The summed E-state index contributed by atoms with van der Waals surface area (Å²) in [4.78, 5) is 27.4. The Bertz CT molecular complexity index is 876. The summed E-state index contributed by atoms with van der Waals surface area (Å²) in [6.07, 6.45) is 3.14. The minimum Gasteiger partial charge on any atom is -0.384 e. The van der Waals surface area contributed by atoms with Gasteiger partial charge in [0.15, 0.2) is 12.2 Å². The van der Waals surface area contributed by atoms with Crippen molar-refractivity contribution in [3.05, 3.63) is 58.5 Å². The third-order valence-corrected chi connectivity index (χ3v) is 7.08. The molecule has 0 aliphatic carbocycles. The van der Waals surface area contributed by atoms with Gasteiger partial charge in [-0.3, -0.25) is 9.59 Å². The van der Waals surface area contributed by atoms with E-state index in [1.54, 1.807) is 23.5 Å². The number of carbonyl (C=O) groups is 2. The van der Waals surface area contributed by atoms with Crippen LogP contribution in [0.2, 0.25) is 0 Å². The van der Waals surface area contributed by atoms with Crippen LogP contribution in [0.5, 0.6) is 0 Å². The predicted molar refractivity (Wildman–Crippen MR) is 122 cm³/mol. The van der Waals surface area contributed by atoms with Crippen molar-refractivity contribution in [1.82, 2.24) is 15.5 Å². The Morgan fingerprint density at radius 2 is 2.09 bits per heavy atom. The number of rotatable bonds is 8. The molecular weight excluding hydrogens is 433 g/mol. The number of aliphatic hydroxyl groups is 2. The standard InChI is InChI=1S/C23H30FN3O4S/c1-2-4-18-17(6-10-24)23(15-26-18)8-12-27(13-9-23)22(31)20(29)19(28)21(30)25-11-7-16-5-3-14-32-16/h2-6,14,19-20,26,28-29H,1,7-13,15H2,(H,25,30)/b17-6+,18-4+. The number of halogens is 1. The van der Waals surface area contributed by atoms with Crippen LogP contribution in [0.25, 0.3) is 0 Å². The number of thiophene rings is 1. The smallest absolute Gasteiger partial charge is 0.254 e. The number of nitrogens with one attached hydrogen (secondary N) is 2. The summed E-state index contributed by atoms with van der Waals surface area (Å²) in [6, 6.07) is 3.86. The SMILES string of the molecule is C=C/C=C1/NCC2(CCN(C(=O)C(O)C(O)C(=O)NCCc3cccs3)CC2)/C1=C/CF. The maximum Gasteiger partial charge on any atom is 0.254 e. The second-order valence-electron chi connectivity index (χ2n) is 8.06. The lowest BCUT2D eigenvalue weighted by Gasteiger charge is -2.40. The summed E-state index contributed by atoms with van der Waals surface area (Å²) in [7, 11) is 0. The summed E-state index contributed by atoms with van der Waals surface area (Å²) in [6.45, 7) is 4.74. The first-order valence-corrected chi connectivity index (χ1v) is 11.6. The Labute approximate surface area is 191 Å². The van der Waals surface area contributed by atoms with E-state index in [1.165, 1.54) is 4.90 Å². The number of allylic oxidation sites excluding steroid dienone is 4. The maximum atomic E-state index is 13.1. The van der Waals surface area contributed by atoms with Crippen LogP contribution in [0.1, 0.15) is 17.7 Å². The van der Waals surface area contributed by atoms with Crippen molar-refractivity contribution >= 4 is 23.2 Å². The van der Waals surface area contributed by atoms with Gasteiger partial charge in [0.2, 0.25) is 0 Å². The summed E-state index contributed by atoms with van der Waals surface area (Å²) in [5.41, 5.74) is 1.44. The number of alkyl halides is 1.